The molecule has 154 valence electrons. The van der Waals surface area contributed by atoms with Gasteiger partial charge in [-0.25, -0.2) is 4.98 Å². The Kier molecular flexibility index (Phi) is 6.43. The fourth-order valence-corrected chi connectivity index (χ4v) is 3.16. The second kappa shape index (κ2) is 9.18. The molecule has 1 fully saturated rings. The summed E-state index contributed by atoms with van der Waals surface area (Å²) in [5.74, 6) is 0.628. The second-order valence-corrected chi connectivity index (χ2v) is 6.40. The largest absolute Gasteiger partial charge is 0.497 e. The molecule has 10 nitrogen and oxygen atoms in total. The first-order valence-corrected chi connectivity index (χ1v) is 9.26. The van der Waals surface area contributed by atoms with Gasteiger partial charge in [-0.15, -0.1) is 0 Å². The SMILES string of the molecule is CCOC(=O)C1CCN(c2ncnc(Oc3ccc(OC)cc3)c2[N+](=O)[O-])CC1. The Morgan fingerprint density at radius 2 is 1.86 bits per heavy atom. The van der Waals surface area contributed by atoms with E-state index >= 15 is 0 Å². The standard InChI is InChI=1S/C19H22N4O6/c1-3-28-19(24)13-8-10-22(11-9-13)17-16(23(25)26)18(21-12-20-17)29-15-6-4-14(27-2)5-7-15/h4-7,12-13H,3,8-11H2,1-2H3. The van der Waals surface area contributed by atoms with E-state index in [1.165, 1.54) is 6.33 Å². The number of hydrogen-bond donors (Lipinski definition) is 0. The Labute approximate surface area is 167 Å². The van der Waals surface area contributed by atoms with E-state index in [0.717, 1.165) is 0 Å². The maximum Gasteiger partial charge on any atom is 0.373 e. The lowest BCUT2D eigenvalue weighted by Crippen LogP contribution is -2.37. The predicted octanol–water partition coefficient (Wildman–Crippen LogP) is 2.97. The van der Waals surface area contributed by atoms with E-state index in [9.17, 15) is 14.9 Å². The van der Waals surface area contributed by atoms with E-state index in [2.05, 4.69) is 9.97 Å². The average Bonchev–Trinajstić information content (AvgIpc) is 2.74. The summed E-state index contributed by atoms with van der Waals surface area (Å²) < 4.78 is 15.8. The lowest BCUT2D eigenvalue weighted by atomic mass is 9.97. The predicted molar refractivity (Wildman–Crippen MR) is 103 cm³/mol. The number of aromatic nitrogens is 2. The van der Waals surface area contributed by atoms with Crippen LogP contribution < -0.4 is 14.4 Å². The molecule has 0 spiro atoms. The summed E-state index contributed by atoms with van der Waals surface area (Å²) >= 11 is 0. The van der Waals surface area contributed by atoms with Crippen LogP contribution in [-0.2, 0) is 9.53 Å². The number of piperidine rings is 1. The molecule has 10 heteroatoms. The number of nitrogens with zero attached hydrogens (tertiary/aromatic N) is 4. The molecule has 3 rings (SSSR count). The summed E-state index contributed by atoms with van der Waals surface area (Å²) in [6, 6.07) is 6.64. The minimum atomic E-state index is -0.550. The number of anilines is 1. The Morgan fingerprint density at radius 1 is 1.21 bits per heavy atom. The average molecular weight is 402 g/mol. The van der Waals surface area contributed by atoms with Gasteiger partial charge in [-0.2, -0.15) is 4.98 Å². The fraction of sp³-hybridized carbons (Fsp3) is 0.421. The van der Waals surface area contributed by atoms with Crippen LogP contribution in [0.5, 0.6) is 17.4 Å². The number of carbonyl (C=O) groups excluding carboxylic acids is 1. The third-order valence-corrected chi connectivity index (χ3v) is 4.64. The molecule has 0 saturated carbocycles. The van der Waals surface area contributed by atoms with Gasteiger partial charge in [-0.05, 0) is 44.0 Å². The zero-order valence-corrected chi connectivity index (χ0v) is 16.2. The number of nitro groups is 1. The summed E-state index contributed by atoms with van der Waals surface area (Å²) in [5.41, 5.74) is -0.307. The van der Waals surface area contributed by atoms with Gasteiger partial charge in [0, 0.05) is 13.1 Å². The highest BCUT2D eigenvalue weighted by Gasteiger charge is 2.33. The van der Waals surface area contributed by atoms with E-state index in [0.29, 0.717) is 44.0 Å². The summed E-state index contributed by atoms with van der Waals surface area (Å²) in [5, 5.41) is 11.8. The molecule has 0 N–H and O–H groups in total. The van der Waals surface area contributed by atoms with E-state index in [4.69, 9.17) is 14.2 Å². The van der Waals surface area contributed by atoms with Crippen molar-refractivity contribution in [2.75, 3.05) is 31.7 Å². The molecule has 1 aliphatic rings. The van der Waals surface area contributed by atoms with Gasteiger partial charge in [0.05, 0.1) is 24.6 Å². The van der Waals surface area contributed by atoms with E-state index in [1.54, 1.807) is 43.2 Å². The van der Waals surface area contributed by atoms with Crippen molar-refractivity contribution in [1.82, 2.24) is 9.97 Å². The van der Waals surface area contributed by atoms with Gasteiger partial charge in [0.2, 0.25) is 5.82 Å². The first-order valence-electron chi connectivity index (χ1n) is 9.26. The van der Waals surface area contributed by atoms with Crippen molar-refractivity contribution in [3.63, 3.8) is 0 Å². The molecule has 1 aromatic carbocycles. The third-order valence-electron chi connectivity index (χ3n) is 4.64. The highest BCUT2D eigenvalue weighted by atomic mass is 16.6. The quantitative estimate of drug-likeness (QED) is 0.391. The second-order valence-electron chi connectivity index (χ2n) is 6.40. The topological polar surface area (TPSA) is 117 Å². The van der Waals surface area contributed by atoms with Crippen molar-refractivity contribution < 1.29 is 23.9 Å². The summed E-state index contributed by atoms with van der Waals surface area (Å²) in [7, 11) is 1.54. The molecule has 1 aliphatic heterocycles. The molecule has 29 heavy (non-hydrogen) atoms. The van der Waals surface area contributed by atoms with Crippen molar-refractivity contribution in [2.24, 2.45) is 5.92 Å². The molecule has 0 aliphatic carbocycles. The number of benzene rings is 1. The van der Waals surface area contributed by atoms with Gasteiger partial charge < -0.3 is 19.1 Å². The molecular formula is C19H22N4O6. The van der Waals surface area contributed by atoms with Crippen molar-refractivity contribution in [1.29, 1.82) is 0 Å². The smallest absolute Gasteiger partial charge is 0.373 e. The molecule has 0 atom stereocenters. The Morgan fingerprint density at radius 3 is 2.45 bits per heavy atom. The highest BCUT2D eigenvalue weighted by Crippen LogP contribution is 2.37. The molecule has 2 aromatic rings. The molecule has 2 heterocycles. The van der Waals surface area contributed by atoms with Crippen LogP contribution in [0.1, 0.15) is 19.8 Å². The van der Waals surface area contributed by atoms with E-state index in [-0.39, 0.29) is 29.3 Å². The van der Waals surface area contributed by atoms with Crippen molar-refractivity contribution in [3.05, 3.63) is 40.7 Å². The fourth-order valence-electron chi connectivity index (χ4n) is 3.16. The summed E-state index contributed by atoms with van der Waals surface area (Å²) in [6.45, 7) is 3.00. The first-order chi connectivity index (χ1) is 14.0. The molecule has 0 radical (unpaired) electrons. The number of rotatable bonds is 7. The third kappa shape index (κ3) is 4.71. The van der Waals surface area contributed by atoms with Crippen molar-refractivity contribution >= 4 is 17.5 Å². The maximum atomic E-state index is 11.9. The molecule has 0 bridgehead atoms. The van der Waals surface area contributed by atoms with Gasteiger partial charge in [-0.3, -0.25) is 14.9 Å². The van der Waals surface area contributed by atoms with Crippen LogP contribution in [0.15, 0.2) is 30.6 Å². The molecular weight excluding hydrogens is 380 g/mol. The van der Waals surface area contributed by atoms with Crippen LogP contribution >= 0.6 is 0 Å². The Balaban J connectivity index is 1.80. The van der Waals surface area contributed by atoms with Gasteiger partial charge in [0.25, 0.3) is 0 Å². The van der Waals surface area contributed by atoms with E-state index < -0.39 is 4.92 Å². The highest BCUT2D eigenvalue weighted by molar-refractivity contribution is 5.73. The maximum absolute atomic E-state index is 11.9. The first kappa shape index (κ1) is 20.3. The van der Waals surface area contributed by atoms with Gasteiger partial charge in [-0.1, -0.05) is 0 Å². The van der Waals surface area contributed by atoms with Crippen LogP contribution in [0.3, 0.4) is 0 Å². The van der Waals surface area contributed by atoms with Crippen LogP contribution in [0, 0.1) is 16.0 Å². The van der Waals surface area contributed by atoms with Crippen LogP contribution in [-0.4, -0.2) is 47.7 Å². The normalized spacial score (nSPS) is 14.3. The summed E-state index contributed by atoms with van der Waals surface area (Å²) in [4.78, 5) is 33.0. The Hall–Kier alpha value is -3.43. The molecule has 1 aromatic heterocycles. The molecule has 0 amide bonds. The minimum absolute atomic E-state index is 0.141. The minimum Gasteiger partial charge on any atom is -0.497 e. The van der Waals surface area contributed by atoms with Gasteiger partial charge in [0.1, 0.15) is 17.8 Å². The van der Waals surface area contributed by atoms with Crippen molar-refractivity contribution in [2.45, 2.75) is 19.8 Å². The van der Waals surface area contributed by atoms with Gasteiger partial charge in [0.15, 0.2) is 0 Å². The Bertz CT molecular complexity index is 866. The molecule has 1 saturated heterocycles. The monoisotopic (exact) mass is 402 g/mol. The molecule has 0 unspecified atom stereocenters. The van der Waals surface area contributed by atoms with Crippen LogP contribution in [0.2, 0.25) is 0 Å². The summed E-state index contributed by atoms with van der Waals surface area (Å²) in [6.07, 6.45) is 2.31. The van der Waals surface area contributed by atoms with Gasteiger partial charge >= 0.3 is 17.5 Å². The number of methoxy groups -OCH3 is 1. The van der Waals surface area contributed by atoms with Crippen molar-refractivity contribution in [3.8, 4) is 17.4 Å². The zero-order valence-electron chi connectivity index (χ0n) is 16.2. The number of hydrogen-bond acceptors (Lipinski definition) is 9. The lowest BCUT2D eigenvalue weighted by molar-refractivity contribution is -0.385. The number of carbonyl (C=O) groups is 1. The van der Waals surface area contributed by atoms with E-state index in [1.807, 2.05) is 0 Å². The zero-order chi connectivity index (χ0) is 20.8. The number of esters is 1. The number of ether oxygens (including phenoxy) is 3. The van der Waals surface area contributed by atoms with Crippen LogP contribution in [0.25, 0.3) is 0 Å². The lowest BCUT2D eigenvalue weighted by Gasteiger charge is -2.31. The van der Waals surface area contributed by atoms with Crippen LogP contribution in [0.4, 0.5) is 11.5 Å².